The quantitative estimate of drug-likeness (QED) is 0.873. The van der Waals surface area contributed by atoms with Crippen molar-refractivity contribution in [1.82, 2.24) is 19.3 Å². The van der Waals surface area contributed by atoms with Gasteiger partial charge in [-0.1, -0.05) is 0 Å². The van der Waals surface area contributed by atoms with Crippen LogP contribution in [0.5, 0.6) is 0 Å². The fourth-order valence-corrected chi connectivity index (χ4v) is 3.97. The number of thiazole rings is 1. The van der Waals surface area contributed by atoms with Crippen LogP contribution in [-0.2, 0) is 23.0 Å². The first-order valence-electron chi connectivity index (χ1n) is 6.44. The molecule has 0 aromatic carbocycles. The Labute approximate surface area is 131 Å². The van der Waals surface area contributed by atoms with Crippen molar-refractivity contribution in [2.24, 2.45) is 0 Å². The second-order valence-corrected chi connectivity index (χ2v) is 7.85. The van der Waals surface area contributed by atoms with Gasteiger partial charge in [-0.3, -0.25) is 15.1 Å². The van der Waals surface area contributed by atoms with Crippen molar-refractivity contribution < 1.29 is 13.2 Å². The molecule has 0 radical (unpaired) electrons. The van der Waals surface area contributed by atoms with Crippen LogP contribution in [0.3, 0.4) is 0 Å². The molecule has 0 atom stereocenters. The fraction of sp³-hybridized carbons (Fsp3) is 0.333. The predicted octanol–water partition coefficient (Wildman–Crippen LogP) is 0.503. The summed E-state index contributed by atoms with van der Waals surface area (Å²) in [5.41, 5.74) is 1.03. The molecule has 10 heteroatoms. The molecule has 2 aromatic heterocycles. The lowest BCUT2D eigenvalue weighted by atomic mass is 10.2. The van der Waals surface area contributed by atoms with E-state index in [-0.39, 0.29) is 11.6 Å². The predicted molar refractivity (Wildman–Crippen MR) is 81.1 cm³/mol. The summed E-state index contributed by atoms with van der Waals surface area (Å²) < 4.78 is 24.6. The average Bonchev–Trinajstić information content (AvgIpc) is 2.88. The van der Waals surface area contributed by atoms with E-state index in [2.05, 4.69) is 20.3 Å². The molecular weight excluding hydrogens is 326 g/mol. The highest BCUT2D eigenvalue weighted by Crippen LogP contribution is 2.29. The number of carbonyl (C=O) groups excluding carboxylic acids is 1. The Morgan fingerprint density at radius 2 is 2.23 bits per heavy atom. The van der Waals surface area contributed by atoms with E-state index in [0.717, 1.165) is 10.6 Å². The summed E-state index contributed by atoms with van der Waals surface area (Å²) in [6, 6.07) is 0. The number of hydrogen-bond acceptors (Lipinski definition) is 7. The molecule has 0 aliphatic carbocycles. The van der Waals surface area contributed by atoms with Gasteiger partial charge >= 0.3 is 0 Å². The second-order valence-electron chi connectivity index (χ2n) is 4.78. The van der Waals surface area contributed by atoms with E-state index in [1.807, 2.05) is 0 Å². The van der Waals surface area contributed by atoms with E-state index in [1.165, 1.54) is 40.5 Å². The molecule has 3 heterocycles. The van der Waals surface area contributed by atoms with E-state index in [1.54, 1.807) is 0 Å². The number of aromatic nitrogens is 3. The molecule has 1 aliphatic heterocycles. The number of nitrogens with one attached hydrogen (secondary N) is 1. The van der Waals surface area contributed by atoms with Crippen LogP contribution < -0.4 is 5.32 Å². The highest BCUT2D eigenvalue weighted by molar-refractivity contribution is 7.88. The highest BCUT2D eigenvalue weighted by atomic mass is 32.2. The number of hydrogen-bond donors (Lipinski definition) is 1. The first kappa shape index (κ1) is 15.0. The van der Waals surface area contributed by atoms with Gasteiger partial charge in [-0.25, -0.2) is 18.4 Å². The Bertz CT molecular complexity index is 803. The van der Waals surface area contributed by atoms with Crippen molar-refractivity contribution in [3.05, 3.63) is 34.9 Å². The Balaban J connectivity index is 1.76. The molecule has 1 aliphatic rings. The molecule has 0 spiro atoms. The lowest BCUT2D eigenvalue weighted by molar-refractivity contribution is 0.102. The van der Waals surface area contributed by atoms with Crippen LogP contribution in [-0.4, -0.2) is 46.4 Å². The van der Waals surface area contributed by atoms with Crippen LogP contribution >= 0.6 is 11.3 Å². The van der Waals surface area contributed by atoms with Crippen molar-refractivity contribution in [3.63, 3.8) is 0 Å². The first-order chi connectivity index (χ1) is 10.4. The third-order valence-corrected chi connectivity index (χ3v) is 5.43. The van der Waals surface area contributed by atoms with Crippen LogP contribution in [0, 0.1) is 0 Å². The third kappa shape index (κ3) is 3.13. The Kier molecular flexibility index (Phi) is 3.89. The average molecular weight is 339 g/mol. The lowest BCUT2D eigenvalue weighted by Crippen LogP contribution is -2.34. The molecule has 116 valence electrons. The third-order valence-electron chi connectivity index (χ3n) is 3.18. The van der Waals surface area contributed by atoms with Gasteiger partial charge in [-0.05, 0) is 0 Å². The molecule has 0 saturated heterocycles. The number of anilines is 1. The Hall–Kier alpha value is -1.91. The second kappa shape index (κ2) is 5.71. The maximum absolute atomic E-state index is 12.0. The van der Waals surface area contributed by atoms with Crippen molar-refractivity contribution in [3.8, 4) is 0 Å². The van der Waals surface area contributed by atoms with Gasteiger partial charge in [0.05, 0.1) is 18.1 Å². The summed E-state index contributed by atoms with van der Waals surface area (Å²) in [6.07, 6.45) is 6.02. The van der Waals surface area contributed by atoms with Crippen LogP contribution in [0.4, 0.5) is 5.13 Å². The number of carbonyl (C=O) groups is 1. The summed E-state index contributed by atoms with van der Waals surface area (Å²) in [4.78, 5) is 25.0. The summed E-state index contributed by atoms with van der Waals surface area (Å²) >= 11 is 1.28. The van der Waals surface area contributed by atoms with Gasteiger partial charge in [0.15, 0.2) is 5.13 Å². The van der Waals surface area contributed by atoms with E-state index >= 15 is 0 Å². The van der Waals surface area contributed by atoms with Gasteiger partial charge in [0, 0.05) is 36.8 Å². The molecule has 22 heavy (non-hydrogen) atoms. The first-order valence-corrected chi connectivity index (χ1v) is 9.11. The fourth-order valence-electron chi connectivity index (χ4n) is 2.09. The van der Waals surface area contributed by atoms with Gasteiger partial charge in [0.1, 0.15) is 5.69 Å². The van der Waals surface area contributed by atoms with E-state index in [4.69, 9.17) is 0 Å². The number of amides is 1. The normalized spacial score (nSPS) is 15.3. The van der Waals surface area contributed by atoms with Gasteiger partial charge in [-0.2, -0.15) is 4.31 Å². The van der Waals surface area contributed by atoms with Gasteiger partial charge in [-0.15, -0.1) is 11.3 Å². The smallest absolute Gasteiger partial charge is 0.277 e. The summed E-state index contributed by atoms with van der Waals surface area (Å²) in [6.45, 7) is 0.708. The molecule has 1 amide bonds. The number of fused-ring (bicyclic) bond motifs is 1. The van der Waals surface area contributed by atoms with Gasteiger partial charge < -0.3 is 0 Å². The zero-order chi connectivity index (χ0) is 15.7. The summed E-state index contributed by atoms with van der Waals surface area (Å²) in [5, 5.41) is 3.11. The molecule has 0 fully saturated rings. The molecular formula is C12H13N5O3S2. The molecule has 0 bridgehead atoms. The maximum Gasteiger partial charge on any atom is 0.277 e. The van der Waals surface area contributed by atoms with Crippen LogP contribution in [0.2, 0.25) is 0 Å². The van der Waals surface area contributed by atoms with Crippen LogP contribution in [0.15, 0.2) is 18.6 Å². The molecule has 8 nitrogen and oxygen atoms in total. The molecule has 3 rings (SSSR count). The number of nitrogens with zero attached hydrogens (tertiary/aromatic N) is 4. The summed E-state index contributed by atoms with van der Waals surface area (Å²) in [5.74, 6) is -0.390. The highest BCUT2D eigenvalue weighted by Gasteiger charge is 2.26. The molecule has 2 aromatic rings. The molecule has 1 N–H and O–H groups in total. The minimum Gasteiger partial charge on any atom is -0.296 e. The lowest BCUT2D eigenvalue weighted by Gasteiger charge is -2.23. The van der Waals surface area contributed by atoms with Crippen LogP contribution in [0.1, 0.15) is 21.1 Å². The minimum absolute atomic E-state index is 0.202. The van der Waals surface area contributed by atoms with Crippen LogP contribution in [0.25, 0.3) is 0 Å². The minimum atomic E-state index is -3.22. The Morgan fingerprint density at radius 3 is 2.91 bits per heavy atom. The Morgan fingerprint density at radius 1 is 1.41 bits per heavy atom. The molecule has 0 saturated carbocycles. The number of sulfonamides is 1. The van der Waals surface area contributed by atoms with E-state index in [9.17, 15) is 13.2 Å². The monoisotopic (exact) mass is 339 g/mol. The van der Waals surface area contributed by atoms with Crippen molar-refractivity contribution in [2.45, 2.75) is 13.0 Å². The summed E-state index contributed by atoms with van der Waals surface area (Å²) in [7, 11) is -3.22. The molecule has 0 unspecified atom stereocenters. The maximum atomic E-state index is 12.0. The van der Waals surface area contributed by atoms with Gasteiger partial charge in [0.25, 0.3) is 5.91 Å². The number of rotatable bonds is 3. The van der Waals surface area contributed by atoms with E-state index in [0.29, 0.717) is 24.6 Å². The SMILES string of the molecule is CS(=O)(=O)N1CCc2nc(NC(=O)c3cnccn3)sc2C1. The standard InChI is InChI=1S/C12H13N5O3S2/c1-22(19,20)17-5-2-8-10(7-17)21-12(15-8)16-11(18)9-6-13-3-4-14-9/h3-4,6H,2,5,7H2,1H3,(H,15,16,18). The van der Waals surface area contributed by atoms with E-state index < -0.39 is 10.0 Å². The topological polar surface area (TPSA) is 105 Å². The van der Waals surface area contributed by atoms with Gasteiger partial charge in [0.2, 0.25) is 10.0 Å². The van der Waals surface area contributed by atoms with Crippen molar-refractivity contribution in [1.29, 1.82) is 0 Å². The largest absolute Gasteiger partial charge is 0.296 e. The zero-order valence-electron chi connectivity index (χ0n) is 11.7. The van der Waals surface area contributed by atoms with Crippen molar-refractivity contribution in [2.75, 3.05) is 18.1 Å². The van der Waals surface area contributed by atoms with Crippen molar-refractivity contribution >= 4 is 32.4 Å². The zero-order valence-corrected chi connectivity index (χ0v) is 13.3.